The fourth-order valence-electron chi connectivity index (χ4n) is 3.92. The molecule has 0 aliphatic heterocycles. The topological polar surface area (TPSA) is 12.0 Å². The lowest BCUT2D eigenvalue weighted by molar-refractivity contribution is 0.271. The Kier molecular flexibility index (Phi) is 2.76. The third-order valence-corrected chi connectivity index (χ3v) is 4.92. The second-order valence-electron chi connectivity index (χ2n) is 6.46. The van der Waals surface area contributed by atoms with Gasteiger partial charge in [-0.3, -0.25) is 0 Å². The van der Waals surface area contributed by atoms with Crippen LogP contribution in [0.1, 0.15) is 51.9 Å². The Morgan fingerprint density at radius 3 is 2.60 bits per heavy atom. The van der Waals surface area contributed by atoms with E-state index in [-0.39, 0.29) is 0 Å². The molecule has 0 aromatic heterocycles. The van der Waals surface area contributed by atoms with Crippen molar-refractivity contribution in [3.05, 3.63) is 0 Å². The first-order chi connectivity index (χ1) is 7.31. The Hall–Kier alpha value is -0.0400. The van der Waals surface area contributed by atoms with Crippen LogP contribution in [0.5, 0.6) is 0 Å². The molecule has 4 atom stereocenters. The molecule has 1 nitrogen and oxygen atoms in total. The van der Waals surface area contributed by atoms with Gasteiger partial charge in [-0.25, -0.2) is 0 Å². The molecule has 0 spiro atoms. The lowest BCUT2D eigenvalue weighted by Crippen LogP contribution is -2.25. The zero-order chi connectivity index (χ0) is 10.3. The lowest BCUT2D eigenvalue weighted by Gasteiger charge is -2.25. The zero-order valence-corrected chi connectivity index (χ0v) is 10.0. The molecule has 1 N–H and O–H groups in total. The number of fused-ring (bicyclic) bond motifs is 2. The highest BCUT2D eigenvalue weighted by Gasteiger charge is 2.39. The highest BCUT2D eigenvalue weighted by Crippen LogP contribution is 2.50. The fraction of sp³-hybridized carbons (Fsp3) is 1.00. The summed E-state index contributed by atoms with van der Waals surface area (Å²) in [4.78, 5) is 0. The van der Waals surface area contributed by atoms with Gasteiger partial charge in [0, 0.05) is 6.04 Å². The van der Waals surface area contributed by atoms with Crippen molar-refractivity contribution in [2.45, 2.75) is 57.9 Å². The van der Waals surface area contributed by atoms with Crippen LogP contribution in [-0.2, 0) is 0 Å². The number of hydrogen-bond acceptors (Lipinski definition) is 1. The van der Waals surface area contributed by atoms with E-state index in [0.717, 1.165) is 29.7 Å². The van der Waals surface area contributed by atoms with Crippen LogP contribution < -0.4 is 5.32 Å². The summed E-state index contributed by atoms with van der Waals surface area (Å²) in [5.74, 6) is 4.26. The van der Waals surface area contributed by atoms with Crippen LogP contribution >= 0.6 is 0 Å². The second kappa shape index (κ2) is 4.08. The molecule has 0 saturated heterocycles. The van der Waals surface area contributed by atoms with E-state index in [1.165, 1.54) is 25.8 Å². The molecule has 3 aliphatic rings. The number of nitrogens with one attached hydrogen (secondary N) is 1. The first-order valence-electron chi connectivity index (χ1n) is 7.04. The monoisotopic (exact) mass is 207 g/mol. The van der Waals surface area contributed by atoms with Gasteiger partial charge >= 0.3 is 0 Å². The Morgan fingerprint density at radius 2 is 2.00 bits per heavy atom. The Balaban J connectivity index is 1.40. The molecule has 0 aromatic carbocycles. The molecule has 3 aliphatic carbocycles. The molecule has 0 radical (unpaired) electrons. The summed E-state index contributed by atoms with van der Waals surface area (Å²) in [6.07, 6.45) is 10.6. The van der Waals surface area contributed by atoms with E-state index >= 15 is 0 Å². The van der Waals surface area contributed by atoms with Gasteiger partial charge < -0.3 is 5.32 Å². The van der Waals surface area contributed by atoms with Crippen molar-refractivity contribution < 1.29 is 0 Å². The third kappa shape index (κ3) is 2.38. The first kappa shape index (κ1) is 10.1. The highest BCUT2D eigenvalue weighted by atomic mass is 14.9. The molecule has 3 saturated carbocycles. The predicted molar refractivity (Wildman–Crippen MR) is 63.7 cm³/mol. The van der Waals surface area contributed by atoms with Crippen molar-refractivity contribution in [1.29, 1.82) is 0 Å². The van der Waals surface area contributed by atoms with Crippen LogP contribution in [0, 0.1) is 23.7 Å². The van der Waals surface area contributed by atoms with Gasteiger partial charge in [0.05, 0.1) is 0 Å². The summed E-state index contributed by atoms with van der Waals surface area (Å²) in [5.41, 5.74) is 0. The van der Waals surface area contributed by atoms with Gasteiger partial charge in [0.15, 0.2) is 0 Å². The summed E-state index contributed by atoms with van der Waals surface area (Å²) in [5, 5.41) is 3.67. The number of hydrogen-bond donors (Lipinski definition) is 1. The van der Waals surface area contributed by atoms with Gasteiger partial charge in [-0.2, -0.15) is 0 Å². The summed E-state index contributed by atoms with van der Waals surface area (Å²) in [6, 6.07) is 0.896. The van der Waals surface area contributed by atoms with Crippen molar-refractivity contribution in [2.24, 2.45) is 23.7 Å². The van der Waals surface area contributed by atoms with Gasteiger partial charge in [-0.05, 0) is 68.7 Å². The molecular formula is C14H25N. The summed E-state index contributed by atoms with van der Waals surface area (Å²) < 4.78 is 0. The van der Waals surface area contributed by atoms with Crippen molar-refractivity contribution >= 4 is 0 Å². The van der Waals surface area contributed by atoms with Crippen molar-refractivity contribution in [3.63, 3.8) is 0 Å². The van der Waals surface area contributed by atoms with Crippen LogP contribution in [0.15, 0.2) is 0 Å². The molecular weight excluding hydrogens is 182 g/mol. The van der Waals surface area contributed by atoms with E-state index in [1.807, 2.05) is 0 Å². The molecule has 3 fully saturated rings. The van der Waals surface area contributed by atoms with E-state index in [0.29, 0.717) is 0 Å². The zero-order valence-electron chi connectivity index (χ0n) is 10.0. The maximum atomic E-state index is 3.67. The minimum atomic E-state index is 0.896. The standard InChI is InChI=1S/C14H25N/c1-10(9-15-14-4-5-14)6-13-8-11-2-3-12(13)7-11/h10-15H,2-9H2,1H3. The molecule has 3 rings (SSSR count). The van der Waals surface area contributed by atoms with Crippen molar-refractivity contribution in [1.82, 2.24) is 5.32 Å². The van der Waals surface area contributed by atoms with Crippen LogP contribution in [0.4, 0.5) is 0 Å². The van der Waals surface area contributed by atoms with Crippen LogP contribution in [0.25, 0.3) is 0 Å². The Labute approximate surface area is 94.0 Å². The largest absolute Gasteiger partial charge is 0.314 e. The Morgan fingerprint density at radius 1 is 1.13 bits per heavy atom. The average molecular weight is 207 g/mol. The maximum absolute atomic E-state index is 3.67. The molecule has 2 bridgehead atoms. The van der Waals surface area contributed by atoms with Gasteiger partial charge in [-0.15, -0.1) is 0 Å². The number of rotatable bonds is 5. The molecule has 4 unspecified atom stereocenters. The molecule has 1 heteroatoms. The van der Waals surface area contributed by atoms with Crippen LogP contribution in [-0.4, -0.2) is 12.6 Å². The van der Waals surface area contributed by atoms with E-state index in [1.54, 1.807) is 25.7 Å². The Bertz CT molecular complexity index is 221. The van der Waals surface area contributed by atoms with Crippen LogP contribution in [0.3, 0.4) is 0 Å². The van der Waals surface area contributed by atoms with Crippen molar-refractivity contribution in [3.8, 4) is 0 Å². The van der Waals surface area contributed by atoms with Crippen LogP contribution in [0.2, 0.25) is 0 Å². The summed E-state index contributed by atoms with van der Waals surface area (Å²) in [7, 11) is 0. The van der Waals surface area contributed by atoms with E-state index < -0.39 is 0 Å². The average Bonchev–Trinajstić information content (AvgIpc) is 2.84. The van der Waals surface area contributed by atoms with Gasteiger partial charge in [0.1, 0.15) is 0 Å². The van der Waals surface area contributed by atoms with E-state index in [4.69, 9.17) is 0 Å². The molecule has 0 aromatic rings. The van der Waals surface area contributed by atoms with Crippen molar-refractivity contribution in [2.75, 3.05) is 6.54 Å². The molecule has 0 amide bonds. The normalized spacial score (nSPS) is 41.0. The van der Waals surface area contributed by atoms with E-state index in [2.05, 4.69) is 12.2 Å². The maximum Gasteiger partial charge on any atom is 0.00683 e. The van der Waals surface area contributed by atoms with Gasteiger partial charge in [0.25, 0.3) is 0 Å². The molecule has 15 heavy (non-hydrogen) atoms. The van der Waals surface area contributed by atoms with Gasteiger partial charge in [0.2, 0.25) is 0 Å². The first-order valence-corrected chi connectivity index (χ1v) is 7.04. The minimum absolute atomic E-state index is 0.896. The summed E-state index contributed by atoms with van der Waals surface area (Å²) in [6.45, 7) is 3.72. The third-order valence-electron chi connectivity index (χ3n) is 4.92. The SMILES string of the molecule is CC(CNC1CC1)CC1CC2CCC1C2. The minimum Gasteiger partial charge on any atom is -0.314 e. The van der Waals surface area contributed by atoms with E-state index in [9.17, 15) is 0 Å². The highest BCUT2D eigenvalue weighted by molar-refractivity contribution is 4.91. The fourth-order valence-corrected chi connectivity index (χ4v) is 3.92. The summed E-state index contributed by atoms with van der Waals surface area (Å²) >= 11 is 0. The lowest BCUT2D eigenvalue weighted by atomic mass is 9.82. The predicted octanol–water partition coefficient (Wildman–Crippen LogP) is 3.20. The van der Waals surface area contributed by atoms with Gasteiger partial charge in [-0.1, -0.05) is 13.3 Å². The second-order valence-corrected chi connectivity index (χ2v) is 6.46. The molecule has 86 valence electrons. The molecule has 0 heterocycles. The quantitative estimate of drug-likeness (QED) is 0.730. The smallest absolute Gasteiger partial charge is 0.00683 e.